The van der Waals surface area contributed by atoms with E-state index in [9.17, 15) is 9.90 Å². The average molecular weight is 588 g/mol. The Kier molecular flexibility index (Phi) is 8.01. The normalized spacial score (nSPS) is 11.2. The number of thioether (sulfide) groups is 1. The van der Waals surface area contributed by atoms with E-state index in [0.29, 0.717) is 17.3 Å². The minimum Gasteiger partial charge on any atom is -0.507 e. The lowest BCUT2D eigenvalue weighted by molar-refractivity contribution is -0.118. The number of phenolic OH excluding ortho intramolecular Hbond substituents is 1. The number of benzene rings is 4. The summed E-state index contributed by atoms with van der Waals surface area (Å²) in [4.78, 5) is 12.5. The second kappa shape index (κ2) is 11.9. The third-order valence-electron chi connectivity index (χ3n) is 5.66. The SMILES string of the molecule is O=C(CSc1nnc(CNc2cccc3ccccc23)n1-c1ccccc1)N/N=C/c1cc(Br)ccc1O. The highest BCUT2D eigenvalue weighted by Crippen LogP contribution is 2.26. The summed E-state index contributed by atoms with van der Waals surface area (Å²) in [7, 11) is 0. The highest BCUT2D eigenvalue weighted by molar-refractivity contribution is 9.10. The number of hydrazone groups is 1. The highest BCUT2D eigenvalue weighted by atomic mass is 79.9. The molecule has 0 bridgehead atoms. The van der Waals surface area contributed by atoms with Crippen molar-refractivity contribution < 1.29 is 9.90 Å². The van der Waals surface area contributed by atoms with Crippen LogP contribution in [0.5, 0.6) is 5.75 Å². The number of fused-ring (bicyclic) bond motifs is 1. The Hall–Kier alpha value is -4.15. The molecule has 0 spiro atoms. The number of hydrogen-bond acceptors (Lipinski definition) is 7. The standard InChI is InChI=1S/C28H23BrN6O2S/c29-21-13-14-25(36)20(15-21)16-31-33-27(37)18-38-28-34-32-26(35(28)22-9-2-1-3-10-22)17-30-24-12-6-8-19-7-4-5-11-23(19)24/h1-16,30,36H,17-18H2,(H,33,37)/b31-16+. The second-order valence-corrected chi connectivity index (χ2v) is 10.1. The van der Waals surface area contributed by atoms with E-state index in [4.69, 9.17) is 0 Å². The van der Waals surface area contributed by atoms with E-state index in [2.05, 4.69) is 60.2 Å². The zero-order chi connectivity index (χ0) is 26.3. The van der Waals surface area contributed by atoms with Gasteiger partial charge in [0.2, 0.25) is 0 Å². The molecule has 1 heterocycles. The fraction of sp³-hybridized carbons (Fsp3) is 0.0714. The van der Waals surface area contributed by atoms with E-state index in [1.54, 1.807) is 18.2 Å². The summed E-state index contributed by atoms with van der Waals surface area (Å²) < 4.78 is 2.74. The molecule has 0 saturated heterocycles. The molecule has 190 valence electrons. The van der Waals surface area contributed by atoms with E-state index in [0.717, 1.165) is 32.4 Å². The van der Waals surface area contributed by atoms with Gasteiger partial charge in [-0.2, -0.15) is 5.10 Å². The van der Waals surface area contributed by atoms with Crippen LogP contribution in [-0.4, -0.2) is 37.7 Å². The number of aromatic nitrogens is 3. The van der Waals surface area contributed by atoms with E-state index >= 15 is 0 Å². The maximum Gasteiger partial charge on any atom is 0.250 e. The average Bonchev–Trinajstić information content (AvgIpc) is 3.36. The summed E-state index contributed by atoms with van der Waals surface area (Å²) in [5, 5.41) is 29.0. The third kappa shape index (κ3) is 6.04. The first-order valence-corrected chi connectivity index (χ1v) is 13.5. The third-order valence-corrected chi connectivity index (χ3v) is 7.08. The van der Waals surface area contributed by atoms with Crippen molar-refractivity contribution in [3.8, 4) is 11.4 Å². The lowest BCUT2D eigenvalue weighted by atomic mass is 10.1. The van der Waals surface area contributed by atoms with Crippen molar-refractivity contribution in [2.75, 3.05) is 11.1 Å². The number of amides is 1. The molecule has 0 unspecified atom stereocenters. The largest absolute Gasteiger partial charge is 0.507 e. The molecule has 38 heavy (non-hydrogen) atoms. The molecule has 8 nitrogen and oxygen atoms in total. The Morgan fingerprint density at radius 3 is 2.66 bits per heavy atom. The Balaban J connectivity index is 1.29. The van der Waals surface area contributed by atoms with Crippen molar-refractivity contribution in [1.82, 2.24) is 20.2 Å². The first-order valence-electron chi connectivity index (χ1n) is 11.7. The Labute approximate surface area is 231 Å². The number of carbonyl (C=O) groups is 1. The van der Waals surface area contributed by atoms with Gasteiger partial charge in [-0.1, -0.05) is 82.3 Å². The summed E-state index contributed by atoms with van der Waals surface area (Å²) in [6, 6.07) is 29.1. The van der Waals surface area contributed by atoms with E-state index < -0.39 is 0 Å². The van der Waals surface area contributed by atoms with Crippen LogP contribution in [-0.2, 0) is 11.3 Å². The van der Waals surface area contributed by atoms with Crippen molar-refractivity contribution in [3.63, 3.8) is 0 Å². The van der Waals surface area contributed by atoms with Gasteiger partial charge >= 0.3 is 0 Å². The minimum absolute atomic E-state index is 0.0705. The number of nitrogens with one attached hydrogen (secondary N) is 2. The van der Waals surface area contributed by atoms with Crippen LogP contribution in [0.25, 0.3) is 16.5 Å². The molecular formula is C28H23BrN6O2S. The van der Waals surface area contributed by atoms with Crippen LogP contribution in [0.4, 0.5) is 5.69 Å². The molecule has 0 aliphatic carbocycles. The van der Waals surface area contributed by atoms with Gasteiger partial charge in [0.05, 0.1) is 18.5 Å². The maximum absolute atomic E-state index is 12.5. The lowest BCUT2D eigenvalue weighted by Crippen LogP contribution is -2.20. The lowest BCUT2D eigenvalue weighted by Gasteiger charge is -2.12. The quantitative estimate of drug-likeness (QED) is 0.115. The topological polar surface area (TPSA) is 104 Å². The predicted molar refractivity (Wildman–Crippen MR) is 155 cm³/mol. The summed E-state index contributed by atoms with van der Waals surface area (Å²) in [6.45, 7) is 0.448. The minimum atomic E-state index is -0.307. The molecule has 0 aliphatic heterocycles. The van der Waals surface area contributed by atoms with E-state index in [1.807, 2.05) is 59.2 Å². The molecule has 0 atom stereocenters. The summed E-state index contributed by atoms with van der Waals surface area (Å²) >= 11 is 4.61. The fourth-order valence-corrected chi connectivity index (χ4v) is 5.01. The first kappa shape index (κ1) is 25.5. The zero-order valence-electron chi connectivity index (χ0n) is 20.1. The number of carbonyl (C=O) groups excluding carboxylic acids is 1. The van der Waals surface area contributed by atoms with Crippen LogP contribution in [0.2, 0.25) is 0 Å². The number of halogens is 1. The van der Waals surface area contributed by atoms with Gasteiger partial charge in [-0.05, 0) is 41.8 Å². The summed E-state index contributed by atoms with van der Waals surface area (Å²) in [5.41, 5.74) is 4.89. The first-order chi connectivity index (χ1) is 18.6. The predicted octanol–water partition coefficient (Wildman–Crippen LogP) is 5.74. The summed E-state index contributed by atoms with van der Waals surface area (Å²) in [6.07, 6.45) is 1.40. The van der Waals surface area contributed by atoms with Gasteiger partial charge in [-0.25, -0.2) is 5.43 Å². The molecule has 3 N–H and O–H groups in total. The van der Waals surface area contributed by atoms with E-state index in [-0.39, 0.29) is 17.4 Å². The number of para-hydroxylation sites is 1. The van der Waals surface area contributed by atoms with Crippen LogP contribution in [0.15, 0.2) is 106 Å². The molecule has 0 saturated carbocycles. The van der Waals surface area contributed by atoms with Crippen LogP contribution in [0.3, 0.4) is 0 Å². The van der Waals surface area contributed by atoms with Gasteiger partial charge in [-0.3, -0.25) is 9.36 Å². The molecule has 0 aliphatic rings. The highest BCUT2D eigenvalue weighted by Gasteiger charge is 2.16. The zero-order valence-corrected chi connectivity index (χ0v) is 22.5. The van der Waals surface area contributed by atoms with Crippen molar-refractivity contribution >= 4 is 56.3 Å². The summed E-state index contributed by atoms with van der Waals surface area (Å²) in [5.74, 6) is 0.568. The number of nitrogens with zero attached hydrogens (tertiary/aromatic N) is 4. The number of phenols is 1. The van der Waals surface area contributed by atoms with Crippen molar-refractivity contribution in [2.24, 2.45) is 5.10 Å². The Bertz CT molecular complexity index is 1600. The van der Waals surface area contributed by atoms with Gasteiger partial charge in [0.1, 0.15) is 5.75 Å². The van der Waals surface area contributed by atoms with Gasteiger partial charge < -0.3 is 10.4 Å². The van der Waals surface area contributed by atoms with E-state index in [1.165, 1.54) is 18.0 Å². The maximum atomic E-state index is 12.5. The smallest absolute Gasteiger partial charge is 0.250 e. The monoisotopic (exact) mass is 586 g/mol. The van der Waals surface area contributed by atoms with Crippen LogP contribution >= 0.6 is 27.7 Å². The number of aromatic hydroxyl groups is 1. The van der Waals surface area contributed by atoms with Crippen LogP contribution in [0.1, 0.15) is 11.4 Å². The molecule has 5 rings (SSSR count). The van der Waals surface area contributed by atoms with Crippen molar-refractivity contribution in [1.29, 1.82) is 0 Å². The molecular weight excluding hydrogens is 564 g/mol. The van der Waals surface area contributed by atoms with Gasteiger partial charge in [0.25, 0.3) is 5.91 Å². The van der Waals surface area contributed by atoms with Crippen molar-refractivity contribution in [3.05, 3.63) is 107 Å². The molecule has 4 aromatic carbocycles. The van der Waals surface area contributed by atoms with Gasteiger partial charge in [0, 0.05) is 26.8 Å². The van der Waals surface area contributed by atoms with Gasteiger partial charge in [0.15, 0.2) is 11.0 Å². The molecule has 5 aromatic rings. The van der Waals surface area contributed by atoms with Crippen molar-refractivity contribution in [2.45, 2.75) is 11.7 Å². The molecule has 0 fully saturated rings. The molecule has 1 aromatic heterocycles. The second-order valence-electron chi connectivity index (χ2n) is 8.24. The molecule has 0 radical (unpaired) electrons. The van der Waals surface area contributed by atoms with Crippen LogP contribution in [0, 0.1) is 0 Å². The number of anilines is 1. The molecule has 1 amide bonds. The Morgan fingerprint density at radius 1 is 1.00 bits per heavy atom. The van der Waals surface area contributed by atoms with Gasteiger partial charge in [-0.15, -0.1) is 10.2 Å². The fourth-order valence-electron chi connectivity index (χ4n) is 3.86. The number of hydrogen-bond donors (Lipinski definition) is 3. The molecule has 10 heteroatoms. The number of rotatable bonds is 9. The van der Waals surface area contributed by atoms with Crippen LogP contribution < -0.4 is 10.7 Å². The Morgan fingerprint density at radius 2 is 1.79 bits per heavy atom.